The summed E-state index contributed by atoms with van der Waals surface area (Å²) in [6.07, 6.45) is -7.89. The number of hydrogen-bond donors (Lipinski definition) is 1. The van der Waals surface area contributed by atoms with E-state index in [-0.39, 0.29) is 0 Å². The Hall–Kier alpha value is -0.290. The number of alkyl halides is 3. The van der Waals surface area contributed by atoms with Crippen LogP contribution in [-0.2, 0) is 4.74 Å². The Kier molecular flexibility index (Phi) is 3.99. The lowest BCUT2D eigenvalue weighted by molar-refractivity contribution is -0.232. The quantitative estimate of drug-likeness (QED) is 0.727. The van der Waals surface area contributed by atoms with E-state index in [2.05, 4.69) is 4.74 Å². The van der Waals surface area contributed by atoms with E-state index in [1.807, 2.05) is 0 Å². The predicted octanol–water partition coefficient (Wildman–Crippen LogP) is 1.72. The highest BCUT2D eigenvalue weighted by atomic mass is 19.4. The first kappa shape index (κ1) is 11.7. The molecular formula is C7H13F3O2. The van der Waals surface area contributed by atoms with Crippen molar-refractivity contribution >= 4 is 0 Å². The summed E-state index contributed by atoms with van der Waals surface area (Å²) >= 11 is 0. The van der Waals surface area contributed by atoms with Crippen LogP contribution in [0.2, 0.25) is 0 Å². The van der Waals surface area contributed by atoms with Crippen molar-refractivity contribution in [1.29, 1.82) is 0 Å². The Labute approximate surface area is 69.3 Å². The third-order valence-corrected chi connectivity index (χ3v) is 1.56. The molecule has 5 heteroatoms. The zero-order valence-electron chi connectivity index (χ0n) is 7.22. The fourth-order valence-electron chi connectivity index (χ4n) is 0.513. The third kappa shape index (κ3) is 3.92. The Morgan fingerprint density at radius 2 is 1.58 bits per heavy atom. The van der Waals surface area contributed by atoms with Crippen LogP contribution in [0.4, 0.5) is 13.2 Å². The van der Waals surface area contributed by atoms with E-state index in [1.165, 1.54) is 13.8 Å². The maximum atomic E-state index is 11.9. The van der Waals surface area contributed by atoms with E-state index in [4.69, 9.17) is 5.11 Å². The first-order valence-corrected chi connectivity index (χ1v) is 3.65. The number of hydrogen-bond acceptors (Lipinski definition) is 2. The van der Waals surface area contributed by atoms with Crippen LogP contribution in [-0.4, -0.2) is 29.6 Å². The zero-order valence-corrected chi connectivity index (χ0v) is 7.22. The molecule has 0 radical (unpaired) electrons. The molecule has 0 aromatic rings. The van der Waals surface area contributed by atoms with Crippen LogP contribution >= 0.6 is 0 Å². The summed E-state index contributed by atoms with van der Waals surface area (Å²) in [6.45, 7) is 3.69. The molecule has 0 aromatic heterocycles. The molecule has 0 aliphatic heterocycles. The van der Waals surface area contributed by atoms with Gasteiger partial charge in [0, 0.05) is 0 Å². The Balaban J connectivity index is 3.93. The van der Waals surface area contributed by atoms with Gasteiger partial charge in [-0.1, -0.05) is 0 Å². The number of aliphatic hydroxyl groups is 1. The molecule has 0 rings (SSSR count). The zero-order chi connectivity index (χ0) is 9.94. The fraction of sp³-hybridized carbons (Fsp3) is 1.00. The predicted molar refractivity (Wildman–Crippen MR) is 37.7 cm³/mol. The maximum absolute atomic E-state index is 11.9. The summed E-state index contributed by atoms with van der Waals surface area (Å²) < 4.78 is 40.1. The van der Waals surface area contributed by atoms with Gasteiger partial charge in [-0.15, -0.1) is 0 Å². The molecule has 0 aliphatic rings. The minimum Gasteiger partial charge on any atom is -0.391 e. The van der Waals surface area contributed by atoms with Gasteiger partial charge in [-0.3, -0.25) is 0 Å². The van der Waals surface area contributed by atoms with Gasteiger partial charge in [0.1, 0.15) is 0 Å². The van der Waals surface area contributed by atoms with Crippen molar-refractivity contribution in [2.75, 3.05) is 0 Å². The molecule has 74 valence electrons. The van der Waals surface area contributed by atoms with Crippen molar-refractivity contribution in [2.45, 2.75) is 45.3 Å². The Morgan fingerprint density at radius 1 is 1.17 bits per heavy atom. The van der Waals surface area contributed by atoms with Gasteiger partial charge in [0.2, 0.25) is 0 Å². The number of halogens is 3. The van der Waals surface area contributed by atoms with E-state index in [1.54, 1.807) is 0 Å². The average Bonchev–Trinajstić information content (AvgIpc) is 1.85. The van der Waals surface area contributed by atoms with E-state index in [9.17, 15) is 13.2 Å². The highest BCUT2D eigenvalue weighted by Crippen LogP contribution is 2.23. The molecule has 3 atom stereocenters. The van der Waals surface area contributed by atoms with E-state index >= 15 is 0 Å². The normalized spacial score (nSPS) is 20.2. The number of rotatable bonds is 3. The van der Waals surface area contributed by atoms with Gasteiger partial charge in [0.05, 0.1) is 12.2 Å². The summed E-state index contributed by atoms with van der Waals surface area (Å²) in [5.41, 5.74) is 0. The molecule has 0 aliphatic carbocycles. The molecule has 0 heterocycles. The van der Waals surface area contributed by atoms with Crippen LogP contribution in [0.25, 0.3) is 0 Å². The van der Waals surface area contributed by atoms with Crippen molar-refractivity contribution in [1.82, 2.24) is 0 Å². The van der Waals surface area contributed by atoms with E-state index in [0.29, 0.717) is 0 Å². The summed E-state index contributed by atoms with van der Waals surface area (Å²) in [7, 11) is 0. The van der Waals surface area contributed by atoms with Crippen LogP contribution in [0.3, 0.4) is 0 Å². The molecule has 2 nitrogen and oxygen atoms in total. The van der Waals surface area contributed by atoms with Crippen LogP contribution in [0.15, 0.2) is 0 Å². The van der Waals surface area contributed by atoms with Crippen molar-refractivity contribution in [2.24, 2.45) is 0 Å². The van der Waals surface area contributed by atoms with Crippen molar-refractivity contribution in [3.8, 4) is 0 Å². The second-order valence-corrected chi connectivity index (χ2v) is 2.77. The smallest absolute Gasteiger partial charge is 0.391 e. The van der Waals surface area contributed by atoms with Crippen molar-refractivity contribution in [3.05, 3.63) is 0 Å². The molecule has 1 N–H and O–H groups in total. The molecule has 0 fully saturated rings. The molecule has 0 spiro atoms. The van der Waals surface area contributed by atoms with Gasteiger partial charge in [0.15, 0.2) is 6.10 Å². The molecule has 0 saturated carbocycles. The van der Waals surface area contributed by atoms with E-state index < -0.39 is 24.5 Å². The van der Waals surface area contributed by atoms with Crippen LogP contribution in [0.5, 0.6) is 0 Å². The van der Waals surface area contributed by atoms with E-state index in [0.717, 1.165) is 6.92 Å². The maximum Gasteiger partial charge on any atom is 0.414 e. The second-order valence-electron chi connectivity index (χ2n) is 2.77. The molecule has 3 unspecified atom stereocenters. The first-order valence-electron chi connectivity index (χ1n) is 3.65. The molecule has 12 heavy (non-hydrogen) atoms. The minimum atomic E-state index is -4.36. The van der Waals surface area contributed by atoms with Gasteiger partial charge in [-0.05, 0) is 20.8 Å². The topological polar surface area (TPSA) is 29.5 Å². The summed E-state index contributed by atoms with van der Waals surface area (Å²) in [5.74, 6) is 0. The van der Waals surface area contributed by atoms with Crippen molar-refractivity contribution in [3.63, 3.8) is 0 Å². The highest BCUT2D eigenvalue weighted by Gasteiger charge is 2.38. The molecule has 0 aromatic carbocycles. The summed E-state index contributed by atoms with van der Waals surface area (Å²) in [5, 5.41) is 8.84. The standard InChI is InChI=1S/C7H13F3O2/c1-4(11)5(2)12-6(3)7(8,9)10/h4-6,11H,1-3H3. The molecule has 0 bridgehead atoms. The number of aliphatic hydroxyl groups excluding tert-OH is 1. The molecule has 0 saturated heterocycles. The van der Waals surface area contributed by atoms with Crippen LogP contribution < -0.4 is 0 Å². The molecule has 0 amide bonds. The van der Waals surface area contributed by atoms with Gasteiger partial charge >= 0.3 is 6.18 Å². The van der Waals surface area contributed by atoms with Gasteiger partial charge in [0.25, 0.3) is 0 Å². The van der Waals surface area contributed by atoms with Crippen LogP contribution in [0.1, 0.15) is 20.8 Å². The van der Waals surface area contributed by atoms with Crippen LogP contribution in [0, 0.1) is 0 Å². The lowest BCUT2D eigenvalue weighted by atomic mass is 10.2. The average molecular weight is 186 g/mol. The number of ether oxygens (including phenoxy) is 1. The largest absolute Gasteiger partial charge is 0.414 e. The summed E-state index contributed by atoms with van der Waals surface area (Å²) in [6, 6.07) is 0. The SMILES string of the molecule is CC(O)C(C)OC(C)C(F)(F)F. The lowest BCUT2D eigenvalue weighted by Crippen LogP contribution is -2.35. The minimum absolute atomic E-state index is 0.804. The first-order chi connectivity index (χ1) is 5.25. The van der Waals surface area contributed by atoms with Gasteiger partial charge in [-0.25, -0.2) is 0 Å². The Bertz CT molecular complexity index is 133. The summed E-state index contributed by atoms with van der Waals surface area (Å²) in [4.78, 5) is 0. The van der Waals surface area contributed by atoms with Gasteiger partial charge in [-0.2, -0.15) is 13.2 Å². The highest BCUT2D eigenvalue weighted by molar-refractivity contribution is 4.66. The third-order valence-electron chi connectivity index (χ3n) is 1.56. The fourth-order valence-corrected chi connectivity index (χ4v) is 0.513. The molecular weight excluding hydrogens is 173 g/mol. The van der Waals surface area contributed by atoms with Gasteiger partial charge < -0.3 is 9.84 Å². The van der Waals surface area contributed by atoms with Crippen molar-refractivity contribution < 1.29 is 23.0 Å². The second kappa shape index (κ2) is 4.09. The Morgan fingerprint density at radius 3 is 1.83 bits per heavy atom. The lowest BCUT2D eigenvalue weighted by Gasteiger charge is -2.22. The monoisotopic (exact) mass is 186 g/mol.